The molecule has 1 aliphatic carbocycles. The fraction of sp³-hybridized carbons (Fsp3) is 0.538. The summed E-state index contributed by atoms with van der Waals surface area (Å²) in [5, 5.41) is 0.385. The Balaban J connectivity index is 2.29. The van der Waals surface area contributed by atoms with E-state index in [4.69, 9.17) is 22.1 Å². The minimum Gasteiger partial charge on any atom is -0.383 e. The average Bonchev–Trinajstić information content (AvgIpc) is 3.23. The van der Waals surface area contributed by atoms with Crippen molar-refractivity contribution >= 4 is 21.6 Å². The molecule has 1 aliphatic rings. The second-order valence-corrected chi connectivity index (χ2v) is 7.09. The van der Waals surface area contributed by atoms with E-state index in [1.54, 1.807) is 19.2 Å². The summed E-state index contributed by atoms with van der Waals surface area (Å²) in [6, 6.07) is 4.78. The molecule has 1 aromatic carbocycles. The van der Waals surface area contributed by atoms with Crippen molar-refractivity contribution in [1.82, 2.24) is 4.31 Å². The molecule has 0 aromatic heterocycles. The predicted molar refractivity (Wildman–Crippen MR) is 78.1 cm³/mol. The summed E-state index contributed by atoms with van der Waals surface area (Å²) in [4.78, 5) is 0.211. The molecule has 0 radical (unpaired) electrons. The van der Waals surface area contributed by atoms with Crippen molar-refractivity contribution in [3.8, 4) is 0 Å². The quantitative estimate of drug-likeness (QED) is 0.828. The summed E-state index contributed by atoms with van der Waals surface area (Å²) >= 11 is 6.05. The van der Waals surface area contributed by atoms with Gasteiger partial charge in [0.25, 0.3) is 0 Å². The molecule has 112 valence electrons. The Morgan fingerprint density at radius 2 is 2.15 bits per heavy atom. The van der Waals surface area contributed by atoms with Gasteiger partial charge in [-0.05, 0) is 30.5 Å². The van der Waals surface area contributed by atoms with Gasteiger partial charge in [-0.25, -0.2) is 8.42 Å². The molecule has 5 nitrogen and oxygen atoms in total. The number of halogens is 1. The monoisotopic (exact) mass is 318 g/mol. The minimum absolute atomic E-state index is 0.0862. The van der Waals surface area contributed by atoms with E-state index in [9.17, 15) is 8.42 Å². The first kappa shape index (κ1) is 15.7. The van der Waals surface area contributed by atoms with Gasteiger partial charge in [0.1, 0.15) is 0 Å². The lowest BCUT2D eigenvalue weighted by atomic mass is 10.2. The zero-order chi connectivity index (χ0) is 14.8. The Morgan fingerprint density at radius 3 is 2.65 bits per heavy atom. The Labute approximate surface area is 124 Å². The van der Waals surface area contributed by atoms with Crippen LogP contribution >= 0.6 is 11.6 Å². The second-order valence-electron chi connectivity index (χ2n) is 4.80. The van der Waals surface area contributed by atoms with Crippen molar-refractivity contribution in [3.05, 3.63) is 28.8 Å². The smallest absolute Gasteiger partial charge is 0.243 e. The van der Waals surface area contributed by atoms with Crippen LogP contribution in [0, 0.1) is 0 Å². The highest BCUT2D eigenvalue weighted by atomic mass is 35.5. The van der Waals surface area contributed by atoms with E-state index in [2.05, 4.69) is 0 Å². The van der Waals surface area contributed by atoms with Crippen LogP contribution in [0.25, 0.3) is 0 Å². The zero-order valence-corrected chi connectivity index (χ0v) is 13.0. The van der Waals surface area contributed by atoms with Crippen LogP contribution in [0.3, 0.4) is 0 Å². The molecule has 1 aromatic rings. The number of sulfonamides is 1. The Hall–Kier alpha value is -0.660. The van der Waals surface area contributed by atoms with Crippen LogP contribution in [0.1, 0.15) is 18.4 Å². The fourth-order valence-electron chi connectivity index (χ4n) is 2.03. The van der Waals surface area contributed by atoms with E-state index >= 15 is 0 Å². The summed E-state index contributed by atoms with van der Waals surface area (Å²) < 4.78 is 31.8. The summed E-state index contributed by atoms with van der Waals surface area (Å²) in [7, 11) is -1.97. The molecular weight excluding hydrogens is 300 g/mol. The van der Waals surface area contributed by atoms with Gasteiger partial charge in [-0.15, -0.1) is 0 Å². The normalized spacial score (nSPS) is 15.8. The highest BCUT2D eigenvalue weighted by molar-refractivity contribution is 7.89. The molecule has 0 amide bonds. The predicted octanol–water partition coefficient (Wildman–Crippen LogP) is 1.60. The van der Waals surface area contributed by atoms with E-state index in [0.717, 1.165) is 18.4 Å². The number of rotatable bonds is 7. The third-order valence-corrected chi connectivity index (χ3v) is 5.62. The number of nitrogens with zero attached hydrogens (tertiary/aromatic N) is 1. The summed E-state index contributed by atoms with van der Waals surface area (Å²) in [5.74, 6) is 0. The molecule has 0 unspecified atom stereocenters. The SMILES string of the molecule is COCCN(C1CC1)S(=O)(=O)c1ccc(CN)c(Cl)c1. The van der Waals surface area contributed by atoms with Gasteiger partial charge in [0.15, 0.2) is 0 Å². The van der Waals surface area contributed by atoms with Crippen LogP contribution < -0.4 is 5.73 Å². The summed E-state index contributed by atoms with van der Waals surface area (Å²) in [5.41, 5.74) is 6.27. The maximum Gasteiger partial charge on any atom is 0.243 e. The van der Waals surface area contributed by atoms with E-state index in [-0.39, 0.29) is 17.5 Å². The van der Waals surface area contributed by atoms with Gasteiger partial charge in [0.05, 0.1) is 11.5 Å². The highest BCUT2D eigenvalue weighted by Gasteiger charge is 2.37. The fourth-order valence-corrected chi connectivity index (χ4v) is 4.05. The van der Waals surface area contributed by atoms with E-state index in [0.29, 0.717) is 18.2 Å². The van der Waals surface area contributed by atoms with Crippen LogP contribution in [0.4, 0.5) is 0 Å². The summed E-state index contributed by atoms with van der Waals surface area (Å²) in [6.45, 7) is 1.03. The molecule has 0 aliphatic heterocycles. The molecular formula is C13H19ClN2O3S. The van der Waals surface area contributed by atoms with Gasteiger partial charge < -0.3 is 10.5 Å². The Bertz CT molecular complexity index is 573. The van der Waals surface area contributed by atoms with Crippen LogP contribution in [0.2, 0.25) is 5.02 Å². The molecule has 7 heteroatoms. The lowest BCUT2D eigenvalue weighted by Gasteiger charge is -2.21. The molecule has 0 heterocycles. The van der Waals surface area contributed by atoms with Crippen molar-refractivity contribution in [2.24, 2.45) is 5.73 Å². The molecule has 1 saturated carbocycles. The third kappa shape index (κ3) is 3.32. The lowest BCUT2D eigenvalue weighted by Crippen LogP contribution is -2.35. The minimum atomic E-state index is -3.53. The Kier molecular flexibility index (Phi) is 5.04. The van der Waals surface area contributed by atoms with Gasteiger partial charge in [0, 0.05) is 31.3 Å². The molecule has 20 heavy (non-hydrogen) atoms. The van der Waals surface area contributed by atoms with Crippen LogP contribution in [-0.2, 0) is 21.3 Å². The standard InChI is InChI=1S/C13H19ClN2O3S/c1-19-7-6-16(11-3-4-11)20(17,18)12-5-2-10(9-15)13(14)8-12/h2,5,8,11H,3-4,6-7,9,15H2,1H3. The first-order chi connectivity index (χ1) is 9.50. The van der Waals surface area contributed by atoms with Crippen molar-refractivity contribution in [2.45, 2.75) is 30.3 Å². The first-order valence-electron chi connectivity index (χ1n) is 6.50. The van der Waals surface area contributed by atoms with Crippen LogP contribution in [0.15, 0.2) is 23.1 Å². The number of hydrogen-bond donors (Lipinski definition) is 1. The topological polar surface area (TPSA) is 72.6 Å². The molecule has 0 saturated heterocycles. The molecule has 2 N–H and O–H groups in total. The van der Waals surface area contributed by atoms with E-state index in [1.165, 1.54) is 10.4 Å². The number of nitrogens with two attached hydrogens (primary N) is 1. The van der Waals surface area contributed by atoms with E-state index < -0.39 is 10.0 Å². The van der Waals surface area contributed by atoms with Gasteiger partial charge in [-0.3, -0.25) is 0 Å². The van der Waals surface area contributed by atoms with Crippen LogP contribution in [0.5, 0.6) is 0 Å². The first-order valence-corrected chi connectivity index (χ1v) is 8.31. The average molecular weight is 319 g/mol. The number of benzene rings is 1. The van der Waals surface area contributed by atoms with E-state index in [1.807, 2.05) is 0 Å². The van der Waals surface area contributed by atoms with Gasteiger partial charge >= 0.3 is 0 Å². The molecule has 1 fully saturated rings. The number of hydrogen-bond acceptors (Lipinski definition) is 4. The van der Waals surface area contributed by atoms with Gasteiger partial charge in [0.2, 0.25) is 10.0 Å². The third-order valence-electron chi connectivity index (χ3n) is 3.32. The second kappa shape index (κ2) is 6.41. The molecule has 0 bridgehead atoms. The zero-order valence-electron chi connectivity index (χ0n) is 11.4. The van der Waals surface area contributed by atoms with Gasteiger partial charge in [-0.2, -0.15) is 4.31 Å². The van der Waals surface area contributed by atoms with Crippen molar-refractivity contribution in [1.29, 1.82) is 0 Å². The highest BCUT2D eigenvalue weighted by Crippen LogP contribution is 2.32. The van der Waals surface area contributed by atoms with Gasteiger partial charge in [-0.1, -0.05) is 17.7 Å². The lowest BCUT2D eigenvalue weighted by molar-refractivity contribution is 0.177. The van der Waals surface area contributed by atoms with Crippen LogP contribution in [-0.4, -0.2) is 39.0 Å². The van der Waals surface area contributed by atoms with Crippen molar-refractivity contribution in [3.63, 3.8) is 0 Å². The Morgan fingerprint density at radius 1 is 1.45 bits per heavy atom. The molecule has 0 atom stereocenters. The summed E-state index contributed by atoms with van der Waals surface area (Å²) in [6.07, 6.45) is 1.80. The maximum absolute atomic E-state index is 12.7. The molecule has 0 spiro atoms. The van der Waals surface area contributed by atoms with Crippen molar-refractivity contribution < 1.29 is 13.2 Å². The maximum atomic E-state index is 12.7. The number of ether oxygens (including phenoxy) is 1. The largest absolute Gasteiger partial charge is 0.383 e. The number of methoxy groups -OCH3 is 1. The van der Waals surface area contributed by atoms with Crippen molar-refractivity contribution in [2.75, 3.05) is 20.3 Å². The molecule has 2 rings (SSSR count).